The molecule has 2 atom stereocenters. The Labute approximate surface area is 172 Å². The van der Waals surface area contributed by atoms with E-state index in [1.807, 2.05) is 48.5 Å². The highest BCUT2D eigenvalue weighted by Gasteiger charge is 2.12. The standard InChI is InChI=1S/C22H31N3O2S/c1-17(16-28-21-12-8-7-11-20(21)27-3)13-24-22(23-2)25-14-19(15-26)18-9-5-4-6-10-18/h4-12,17,19,26H,13-16H2,1-3H3,(H2,23,24,25). The molecule has 0 radical (unpaired) electrons. The first-order valence-electron chi connectivity index (χ1n) is 9.54. The van der Waals surface area contributed by atoms with Gasteiger partial charge in [0.2, 0.25) is 0 Å². The molecule has 0 aliphatic heterocycles. The summed E-state index contributed by atoms with van der Waals surface area (Å²) in [6.45, 7) is 3.75. The SMILES string of the molecule is CN=C(NCC(C)CSc1ccccc1OC)NCC(CO)c1ccccc1. The second kappa shape index (κ2) is 12.3. The van der Waals surface area contributed by atoms with Crippen molar-refractivity contribution < 1.29 is 9.84 Å². The van der Waals surface area contributed by atoms with Gasteiger partial charge in [-0.1, -0.05) is 49.4 Å². The third-order valence-electron chi connectivity index (χ3n) is 4.44. The molecule has 6 heteroatoms. The van der Waals surface area contributed by atoms with Gasteiger partial charge in [0, 0.05) is 36.7 Å². The normalized spacial score (nSPS) is 13.6. The fourth-order valence-electron chi connectivity index (χ4n) is 2.75. The number of hydrogen-bond donors (Lipinski definition) is 3. The highest BCUT2D eigenvalue weighted by Crippen LogP contribution is 2.29. The Morgan fingerprint density at radius 2 is 1.75 bits per heavy atom. The summed E-state index contributed by atoms with van der Waals surface area (Å²) in [5.41, 5.74) is 1.12. The molecule has 5 nitrogen and oxygen atoms in total. The van der Waals surface area contributed by atoms with Crippen LogP contribution in [0.3, 0.4) is 0 Å². The van der Waals surface area contributed by atoms with E-state index >= 15 is 0 Å². The van der Waals surface area contributed by atoms with Crippen LogP contribution >= 0.6 is 11.8 Å². The van der Waals surface area contributed by atoms with Crippen molar-refractivity contribution in [3.63, 3.8) is 0 Å². The number of aliphatic hydroxyl groups excluding tert-OH is 1. The molecule has 2 aromatic rings. The predicted molar refractivity (Wildman–Crippen MR) is 119 cm³/mol. The fraction of sp³-hybridized carbons (Fsp3) is 0.409. The number of para-hydroxylation sites is 1. The molecule has 0 heterocycles. The highest BCUT2D eigenvalue weighted by molar-refractivity contribution is 7.99. The van der Waals surface area contributed by atoms with Crippen LogP contribution in [0.1, 0.15) is 18.4 Å². The van der Waals surface area contributed by atoms with Crippen molar-refractivity contribution in [1.29, 1.82) is 0 Å². The molecule has 2 rings (SSSR count). The van der Waals surface area contributed by atoms with E-state index in [1.165, 1.54) is 0 Å². The number of aliphatic imine (C=N–C) groups is 1. The Morgan fingerprint density at radius 1 is 1.07 bits per heavy atom. The lowest BCUT2D eigenvalue weighted by Crippen LogP contribution is -2.41. The molecule has 2 unspecified atom stereocenters. The second-order valence-corrected chi connectivity index (χ2v) is 7.75. The average molecular weight is 402 g/mol. The van der Waals surface area contributed by atoms with Crippen LogP contribution in [0.15, 0.2) is 64.5 Å². The van der Waals surface area contributed by atoms with Gasteiger partial charge in [-0.05, 0) is 23.6 Å². The van der Waals surface area contributed by atoms with Gasteiger partial charge in [0.15, 0.2) is 5.96 Å². The summed E-state index contributed by atoms with van der Waals surface area (Å²) in [5.74, 6) is 3.15. The van der Waals surface area contributed by atoms with Crippen molar-refractivity contribution in [3.05, 3.63) is 60.2 Å². The lowest BCUT2D eigenvalue weighted by molar-refractivity contribution is 0.265. The van der Waals surface area contributed by atoms with Crippen LogP contribution in [0.4, 0.5) is 0 Å². The molecule has 28 heavy (non-hydrogen) atoms. The maximum atomic E-state index is 9.69. The van der Waals surface area contributed by atoms with Gasteiger partial charge in [0.1, 0.15) is 5.75 Å². The van der Waals surface area contributed by atoms with Crippen LogP contribution in [0, 0.1) is 5.92 Å². The molecule has 0 spiro atoms. The van der Waals surface area contributed by atoms with E-state index in [4.69, 9.17) is 4.74 Å². The number of rotatable bonds is 10. The van der Waals surface area contributed by atoms with Crippen molar-refractivity contribution in [1.82, 2.24) is 10.6 Å². The second-order valence-electron chi connectivity index (χ2n) is 6.69. The third kappa shape index (κ3) is 7.09. The first-order valence-corrected chi connectivity index (χ1v) is 10.5. The zero-order valence-electron chi connectivity index (χ0n) is 16.9. The maximum absolute atomic E-state index is 9.69. The molecule has 2 aromatic carbocycles. The van der Waals surface area contributed by atoms with E-state index in [0.29, 0.717) is 12.5 Å². The summed E-state index contributed by atoms with van der Waals surface area (Å²) >= 11 is 1.80. The molecule has 0 aromatic heterocycles. The molecule has 0 fully saturated rings. The predicted octanol–water partition coefficient (Wildman–Crippen LogP) is 3.36. The van der Waals surface area contributed by atoms with Crippen molar-refractivity contribution in [2.75, 3.05) is 39.6 Å². The number of guanidine groups is 1. The number of nitrogens with one attached hydrogen (secondary N) is 2. The van der Waals surface area contributed by atoms with Gasteiger partial charge < -0.3 is 20.5 Å². The molecule has 3 N–H and O–H groups in total. The number of aliphatic hydroxyl groups is 1. The van der Waals surface area contributed by atoms with Crippen molar-refractivity contribution >= 4 is 17.7 Å². The highest BCUT2D eigenvalue weighted by atomic mass is 32.2. The number of ether oxygens (including phenoxy) is 1. The lowest BCUT2D eigenvalue weighted by atomic mass is 10.0. The van der Waals surface area contributed by atoms with E-state index < -0.39 is 0 Å². The smallest absolute Gasteiger partial charge is 0.191 e. The van der Waals surface area contributed by atoms with Crippen LogP contribution in [0.2, 0.25) is 0 Å². The number of hydrogen-bond acceptors (Lipinski definition) is 4. The molecular weight excluding hydrogens is 370 g/mol. The van der Waals surface area contributed by atoms with E-state index in [-0.39, 0.29) is 12.5 Å². The fourth-order valence-corrected chi connectivity index (χ4v) is 3.80. The van der Waals surface area contributed by atoms with Crippen LogP contribution < -0.4 is 15.4 Å². The summed E-state index contributed by atoms with van der Waals surface area (Å²) in [6, 6.07) is 18.1. The molecule has 0 saturated heterocycles. The van der Waals surface area contributed by atoms with E-state index in [9.17, 15) is 5.11 Å². The zero-order valence-corrected chi connectivity index (χ0v) is 17.7. The van der Waals surface area contributed by atoms with Gasteiger partial charge in [-0.2, -0.15) is 0 Å². The van der Waals surface area contributed by atoms with Crippen LogP contribution in [-0.2, 0) is 0 Å². The van der Waals surface area contributed by atoms with Gasteiger partial charge in [-0.3, -0.25) is 4.99 Å². The van der Waals surface area contributed by atoms with Crippen molar-refractivity contribution in [2.45, 2.75) is 17.7 Å². The molecule has 0 aliphatic rings. The minimum Gasteiger partial charge on any atom is -0.496 e. The molecule has 152 valence electrons. The topological polar surface area (TPSA) is 65.9 Å². The quantitative estimate of drug-likeness (QED) is 0.324. The lowest BCUT2D eigenvalue weighted by Gasteiger charge is -2.19. The Balaban J connectivity index is 1.76. The average Bonchev–Trinajstić information content (AvgIpc) is 2.75. The molecule has 0 bridgehead atoms. The monoisotopic (exact) mass is 401 g/mol. The Kier molecular flexibility index (Phi) is 9.72. The number of thioether (sulfide) groups is 1. The maximum Gasteiger partial charge on any atom is 0.191 e. The largest absolute Gasteiger partial charge is 0.496 e. The minimum absolute atomic E-state index is 0.0401. The van der Waals surface area contributed by atoms with Crippen LogP contribution in [0.5, 0.6) is 5.75 Å². The third-order valence-corrected chi connectivity index (χ3v) is 5.83. The summed E-state index contributed by atoms with van der Waals surface area (Å²) < 4.78 is 5.41. The van der Waals surface area contributed by atoms with Crippen molar-refractivity contribution in [3.8, 4) is 5.75 Å². The molecule has 0 amide bonds. The van der Waals surface area contributed by atoms with E-state index in [2.05, 4.69) is 28.6 Å². The van der Waals surface area contributed by atoms with Gasteiger partial charge in [-0.15, -0.1) is 11.8 Å². The van der Waals surface area contributed by atoms with Crippen LogP contribution in [-0.4, -0.2) is 50.7 Å². The van der Waals surface area contributed by atoms with Crippen molar-refractivity contribution in [2.24, 2.45) is 10.9 Å². The van der Waals surface area contributed by atoms with E-state index in [0.717, 1.165) is 34.5 Å². The molecule has 0 saturated carbocycles. The summed E-state index contributed by atoms with van der Waals surface area (Å²) in [7, 11) is 3.47. The van der Waals surface area contributed by atoms with Gasteiger partial charge in [0.25, 0.3) is 0 Å². The number of methoxy groups -OCH3 is 1. The molecular formula is C22H31N3O2S. The Bertz CT molecular complexity index is 725. The first kappa shape index (κ1) is 22.1. The van der Waals surface area contributed by atoms with Gasteiger partial charge in [-0.25, -0.2) is 0 Å². The Morgan fingerprint density at radius 3 is 2.43 bits per heavy atom. The Hall–Kier alpha value is -2.18. The summed E-state index contributed by atoms with van der Waals surface area (Å²) in [6.07, 6.45) is 0. The van der Waals surface area contributed by atoms with Gasteiger partial charge >= 0.3 is 0 Å². The van der Waals surface area contributed by atoms with Crippen LogP contribution in [0.25, 0.3) is 0 Å². The molecule has 0 aliphatic carbocycles. The summed E-state index contributed by atoms with van der Waals surface area (Å²) in [5, 5.41) is 16.4. The number of nitrogens with zero attached hydrogens (tertiary/aromatic N) is 1. The first-order chi connectivity index (χ1) is 13.7. The zero-order chi connectivity index (χ0) is 20.2. The van der Waals surface area contributed by atoms with E-state index in [1.54, 1.807) is 25.9 Å². The summed E-state index contributed by atoms with van der Waals surface area (Å²) in [4.78, 5) is 5.45. The minimum atomic E-state index is 0.0401. The van der Waals surface area contributed by atoms with Gasteiger partial charge in [0.05, 0.1) is 13.7 Å². The number of benzene rings is 2.